The van der Waals surface area contributed by atoms with Crippen LogP contribution in [0.5, 0.6) is 0 Å². The van der Waals surface area contributed by atoms with Gasteiger partial charge in [0.15, 0.2) is 0 Å². The number of carbonyl (C=O) groups is 2. The van der Waals surface area contributed by atoms with Crippen molar-refractivity contribution in [1.29, 1.82) is 0 Å². The van der Waals surface area contributed by atoms with Gasteiger partial charge in [-0.2, -0.15) is 5.10 Å². The Morgan fingerprint density at radius 3 is 2.76 bits per heavy atom. The zero-order valence-corrected chi connectivity index (χ0v) is 12.4. The molecule has 0 saturated heterocycles. The van der Waals surface area contributed by atoms with E-state index >= 15 is 0 Å². The Labute approximate surface area is 123 Å². The Morgan fingerprint density at radius 2 is 2.10 bits per heavy atom. The molecule has 1 aromatic rings. The molecule has 0 saturated carbocycles. The van der Waals surface area contributed by atoms with E-state index in [4.69, 9.17) is 4.74 Å². The summed E-state index contributed by atoms with van der Waals surface area (Å²) in [5, 5.41) is 6.67. The van der Waals surface area contributed by atoms with Crippen LogP contribution in [0.2, 0.25) is 0 Å². The molecule has 1 N–H and O–H groups in total. The van der Waals surface area contributed by atoms with Crippen LogP contribution in [-0.4, -0.2) is 34.8 Å². The minimum atomic E-state index is -0.358. The molecule has 1 heterocycles. The van der Waals surface area contributed by atoms with E-state index in [0.717, 1.165) is 6.42 Å². The molecule has 1 aromatic heterocycles. The van der Waals surface area contributed by atoms with Crippen molar-refractivity contribution in [2.45, 2.75) is 39.7 Å². The van der Waals surface area contributed by atoms with Gasteiger partial charge in [0.1, 0.15) is 5.69 Å². The molecule has 7 heteroatoms. The SMILES string of the molecule is CCCn1nc(C(=O)NCCCC(=O)OCC)ccc1=O. The predicted molar refractivity (Wildman–Crippen MR) is 77.0 cm³/mol. The Balaban J connectivity index is 2.47. The van der Waals surface area contributed by atoms with Gasteiger partial charge in [0.2, 0.25) is 0 Å². The van der Waals surface area contributed by atoms with Gasteiger partial charge >= 0.3 is 5.97 Å². The second kappa shape index (κ2) is 8.89. The third-order valence-electron chi connectivity index (χ3n) is 2.68. The maximum absolute atomic E-state index is 11.9. The van der Waals surface area contributed by atoms with E-state index in [1.807, 2.05) is 6.92 Å². The van der Waals surface area contributed by atoms with Gasteiger partial charge in [0.05, 0.1) is 6.61 Å². The van der Waals surface area contributed by atoms with Gasteiger partial charge in [-0.05, 0) is 25.8 Å². The van der Waals surface area contributed by atoms with Gasteiger partial charge in [-0.1, -0.05) is 6.92 Å². The Bertz CT molecular complexity index is 539. The van der Waals surface area contributed by atoms with Crippen molar-refractivity contribution < 1.29 is 14.3 Å². The molecule has 1 amide bonds. The number of aromatic nitrogens is 2. The lowest BCUT2D eigenvalue weighted by atomic mass is 10.3. The first-order chi connectivity index (χ1) is 10.1. The second-order valence-corrected chi connectivity index (χ2v) is 4.44. The maximum atomic E-state index is 11.9. The molecule has 0 fully saturated rings. The number of aryl methyl sites for hydroxylation is 1. The van der Waals surface area contributed by atoms with Crippen molar-refractivity contribution in [3.05, 3.63) is 28.2 Å². The summed E-state index contributed by atoms with van der Waals surface area (Å²) in [6.07, 6.45) is 1.52. The van der Waals surface area contributed by atoms with E-state index in [1.165, 1.54) is 16.8 Å². The average Bonchev–Trinajstić information content (AvgIpc) is 2.46. The second-order valence-electron chi connectivity index (χ2n) is 4.44. The third-order valence-corrected chi connectivity index (χ3v) is 2.68. The molecule has 0 aromatic carbocycles. The zero-order chi connectivity index (χ0) is 15.7. The smallest absolute Gasteiger partial charge is 0.305 e. The van der Waals surface area contributed by atoms with Gasteiger partial charge < -0.3 is 10.1 Å². The average molecular weight is 295 g/mol. The highest BCUT2D eigenvalue weighted by atomic mass is 16.5. The highest BCUT2D eigenvalue weighted by Crippen LogP contribution is 1.95. The number of esters is 1. The fourth-order valence-corrected chi connectivity index (χ4v) is 1.70. The summed E-state index contributed by atoms with van der Waals surface area (Å²) >= 11 is 0. The van der Waals surface area contributed by atoms with Crippen molar-refractivity contribution in [1.82, 2.24) is 15.1 Å². The zero-order valence-electron chi connectivity index (χ0n) is 12.4. The number of hydrogen-bond donors (Lipinski definition) is 1. The molecular formula is C14H21N3O4. The number of nitrogens with one attached hydrogen (secondary N) is 1. The largest absolute Gasteiger partial charge is 0.466 e. The van der Waals surface area contributed by atoms with E-state index in [9.17, 15) is 14.4 Å². The minimum absolute atomic E-state index is 0.194. The summed E-state index contributed by atoms with van der Waals surface area (Å²) in [6.45, 7) is 4.86. The van der Waals surface area contributed by atoms with Crippen LogP contribution in [0.1, 0.15) is 43.6 Å². The summed E-state index contributed by atoms with van der Waals surface area (Å²) in [5.41, 5.74) is -0.0325. The lowest BCUT2D eigenvalue weighted by molar-refractivity contribution is -0.143. The van der Waals surface area contributed by atoms with Gasteiger partial charge in [0.25, 0.3) is 11.5 Å². The van der Waals surface area contributed by atoms with Gasteiger partial charge in [-0.25, -0.2) is 4.68 Å². The molecule has 0 unspecified atom stereocenters. The molecule has 7 nitrogen and oxygen atoms in total. The van der Waals surface area contributed by atoms with Crippen LogP contribution in [0, 0.1) is 0 Å². The van der Waals surface area contributed by atoms with Crippen LogP contribution in [0.4, 0.5) is 0 Å². The standard InChI is InChI=1S/C14H21N3O4/c1-3-10-17-12(18)8-7-11(16-17)14(20)15-9-5-6-13(19)21-4-2/h7-8H,3-6,9-10H2,1-2H3,(H,15,20). The van der Waals surface area contributed by atoms with Crippen molar-refractivity contribution in [3.63, 3.8) is 0 Å². The summed E-state index contributed by atoms with van der Waals surface area (Å²) in [6, 6.07) is 2.73. The monoisotopic (exact) mass is 295 g/mol. The number of hydrogen-bond acceptors (Lipinski definition) is 5. The van der Waals surface area contributed by atoms with Crippen molar-refractivity contribution >= 4 is 11.9 Å². The van der Waals surface area contributed by atoms with Gasteiger partial charge in [-0.15, -0.1) is 0 Å². The van der Waals surface area contributed by atoms with Crippen LogP contribution in [-0.2, 0) is 16.1 Å². The lowest BCUT2D eigenvalue weighted by Gasteiger charge is -2.07. The molecule has 0 spiro atoms. The van der Waals surface area contributed by atoms with E-state index < -0.39 is 0 Å². The molecule has 0 radical (unpaired) electrons. The lowest BCUT2D eigenvalue weighted by Crippen LogP contribution is -2.30. The maximum Gasteiger partial charge on any atom is 0.305 e. The number of amides is 1. The molecular weight excluding hydrogens is 274 g/mol. The van der Waals surface area contributed by atoms with Crippen LogP contribution < -0.4 is 10.9 Å². The highest BCUT2D eigenvalue weighted by Gasteiger charge is 2.09. The van der Waals surface area contributed by atoms with E-state index in [2.05, 4.69) is 10.4 Å². The summed E-state index contributed by atoms with van der Waals surface area (Å²) in [4.78, 5) is 34.5. The van der Waals surface area contributed by atoms with Gasteiger partial charge in [0, 0.05) is 25.6 Å². The first kappa shape index (κ1) is 16.9. The van der Waals surface area contributed by atoms with E-state index in [1.54, 1.807) is 6.92 Å². The molecule has 0 atom stereocenters. The van der Waals surface area contributed by atoms with Crippen molar-refractivity contribution in [2.75, 3.05) is 13.2 Å². The molecule has 116 valence electrons. The summed E-state index contributed by atoms with van der Waals surface area (Å²) in [7, 11) is 0. The number of carbonyl (C=O) groups excluding carboxylic acids is 2. The normalized spacial score (nSPS) is 10.2. The Kier molecular flexibility index (Phi) is 7.14. The van der Waals surface area contributed by atoms with E-state index in [-0.39, 0.29) is 29.6 Å². The number of rotatable bonds is 8. The van der Waals surface area contributed by atoms with Crippen molar-refractivity contribution in [3.8, 4) is 0 Å². The van der Waals surface area contributed by atoms with Crippen LogP contribution in [0.3, 0.4) is 0 Å². The van der Waals surface area contributed by atoms with Crippen molar-refractivity contribution in [2.24, 2.45) is 0 Å². The first-order valence-electron chi connectivity index (χ1n) is 7.10. The predicted octanol–water partition coefficient (Wildman–Crippen LogP) is 0.726. The Hall–Kier alpha value is -2.18. The topological polar surface area (TPSA) is 90.3 Å². The first-order valence-corrected chi connectivity index (χ1v) is 7.10. The number of nitrogens with zero attached hydrogens (tertiary/aromatic N) is 2. The molecule has 21 heavy (non-hydrogen) atoms. The highest BCUT2D eigenvalue weighted by molar-refractivity contribution is 5.91. The van der Waals surface area contributed by atoms with E-state index in [0.29, 0.717) is 26.1 Å². The fraction of sp³-hybridized carbons (Fsp3) is 0.571. The molecule has 0 aliphatic carbocycles. The molecule has 1 rings (SSSR count). The Morgan fingerprint density at radius 1 is 1.33 bits per heavy atom. The van der Waals surface area contributed by atoms with Crippen LogP contribution >= 0.6 is 0 Å². The fourth-order valence-electron chi connectivity index (χ4n) is 1.70. The molecule has 0 aliphatic rings. The van der Waals surface area contributed by atoms with Crippen LogP contribution in [0.15, 0.2) is 16.9 Å². The third kappa shape index (κ3) is 5.76. The van der Waals surface area contributed by atoms with Crippen LogP contribution in [0.25, 0.3) is 0 Å². The summed E-state index contributed by atoms with van der Waals surface area (Å²) in [5.74, 6) is -0.634. The molecule has 0 bridgehead atoms. The number of ether oxygens (including phenoxy) is 1. The molecule has 0 aliphatic heterocycles. The quantitative estimate of drug-likeness (QED) is 0.564. The minimum Gasteiger partial charge on any atom is -0.466 e. The summed E-state index contributed by atoms with van der Waals surface area (Å²) < 4.78 is 6.06. The van der Waals surface area contributed by atoms with Gasteiger partial charge in [-0.3, -0.25) is 14.4 Å².